The van der Waals surface area contributed by atoms with E-state index in [1.807, 2.05) is 0 Å². The number of imidazole rings is 1. The van der Waals surface area contributed by atoms with Crippen molar-refractivity contribution in [3.8, 4) is 0 Å². The van der Waals surface area contributed by atoms with Crippen LogP contribution in [0.15, 0.2) is 36.7 Å². The highest BCUT2D eigenvalue weighted by Crippen LogP contribution is 2.14. The second-order valence-corrected chi connectivity index (χ2v) is 3.79. The Balaban J connectivity index is 1.85. The summed E-state index contributed by atoms with van der Waals surface area (Å²) in [7, 11) is 0. The lowest BCUT2D eigenvalue weighted by Gasteiger charge is -2.06. The maximum atomic E-state index is 11.5. The molecule has 2 rings (SSSR count). The molecule has 1 heterocycles. The number of hydrogen-bond acceptors (Lipinski definition) is 2. The Morgan fingerprint density at radius 1 is 1.47 bits per heavy atom. The van der Waals surface area contributed by atoms with Gasteiger partial charge in [-0.25, -0.2) is 9.78 Å². The van der Waals surface area contributed by atoms with Gasteiger partial charge in [0.15, 0.2) is 0 Å². The number of aromatic amines is 1. The lowest BCUT2D eigenvalue weighted by atomic mass is 10.3. The van der Waals surface area contributed by atoms with Gasteiger partial charge < -0.3 is 15.6 Å². The van der Waals surface area contributed by atoms with E-state index in [1.54, 1.807) is 36.7 Å². The number of urea groups is 1. The van der Waals surface area contributed by atoms with Crippen molar-refractivity contribution in [2.75, 3.05) is 5.32 Å². The third-order valence-corrected chi connectivity index (χ3v) is 2.29. The Bertz CT molecular complexity index is 498. The number of carbonyl (C=O) groups excluding carboxylic acids is 1. The van der Waals surface area contributed by atoms with Crippen molar-refractivity contribution >= 4 is 23.3 Å². The molecule has 0 saturated carbocycles. The van der Waals surface area contributed by atoms with Gasteiger partial charge in [-0.2, -0.15) is 0 Å². The quantitative estimate of drug-likeness (QED) is 0.783. The molecule has 2 amide bonds. The molecular formula is C11H11ClN4O. The topological polar surface area (TPSA) is 69.8 Å². The van der Waals surface area contributed by atoms with Crippen molar-refractivity contribution < 1.29 is 4.79 Å². The van der Waals surface area contributed by atoms with Gasteiger partial charge in [0.25, 0.3) is 0 Å². The summed E-state index contributed by atoms with van der Waals surface area (Å²) in [5.74, 6) is 0.700. The van der Waals surface area contributed by atoms with Crippen LogP contribution in [0.4, 0.5) is 10.5 Å². The molecule has 2 aromatic rings. The number of carbonyl (C=O) groups is 1. The zero-order valence-corrected chi connectivity index (χ0v) is 9.66. The number of aromatic nitrogens is 2. The minimum Gasteiger partial charge on any atom is -0.347 e. The molecule has 88 valence electrons. The molecule has 1 aromatic heterocycles. The fourth-order valence-corrected chi connectivity index (χ4v) is 1.49. The van der Waals surface area contributed by atoms with Crippen LogP contribution in [0.1, 0.15) is 5.82 Å². The highest BCUT2D eigenvalue weighted by atomic mass is 35.5. The van der Waals surface area contributed by atoms with Crippen LogP contribution < -0.4 is 10.6 Å². The molecule has 5 nitrogen and oxygen atoms in total. The lowest BCUT2D eigenvalue weighted by molar-refractivity contribution is 0.251. The molecule has 0 atom stereocenters. The molecular weight excluding hydrogens is 240 g/mol. The fourth-order valence-electron chi connectivity index (χ4n) is 1.30. The van der Waals surface area contributed by atoms with Crippen LogP contribution >= 0.6 is 11.6 Å². The summed E-state index contributed by atoms with van der Waals surface area (Å²) in [4.78, 5) is 18.4. The Morgan fingerprint density at radius 2 is 2.35 bits per heavy atom. The van der Waals surface area contributed by atoms with Crippen molar-refractivity contribution in [1.82, 2.24) is 15.3 Å². The van der Waals surface area contributed by atoms with Crippen LogP contribution in [-0.2, 0) is 6.54 Å². The second kappa shape index (κ2) is 5.36. The summed E-state index contributed by atoms with van der Waals surface area (Å²) >= 11 is 5.80. The Labute approximate surface area is 103 Å². The van der Waals surface area contributed by atoms with E-state index in [-0.39, 0.29) is 6.03 Å². The Kier molecular flexibility index (Phi) is 3.62. The zero-order valence-electron chi connectivity index (χ0n) is 8.90. The monoisotopic (exact) mass is 250 g/mol. The first kappa shape index (κ1) is 11.5. The second-order valence-electron chi connectivity index (χ2n) is 3.35. The van der Waals surface area contributed by atoms with Crippen LogP contribution in [0.2, 0.25) is 5.02 Å². The summed E-state index contributed by atoms with van der Waals surface area (Å²) < 4.78 is 0. The van der Waals surface area contributed by atoms with E-state index in [4.69, 9.17) is 11.6 Å². The number of hydrogen-bond donors (Lipinski definition) is 3. The van der Waals surface area contributed by atoms with E-state index in [2.05, 4.69) is 20.6 Å². The maximum Gasteiger partial charge on any atom is 0.319 e. The summed E-state index contributed by atoms with van der Waals surface area (Å²) in [5.41, 5.74) is 0.648. The predicted molar refractivity (Wildman–Crippen MR) is 65.9 cm³/mol. The van der Waals surface area contributed by atoms with E-state index < -0.39 is 0 Å². The van der Waals surface area contributed by atoms with Gasteiger partial charge in [-0.15, -0.1) is 0 Å². The summed E-state index contributed by atoms with van der Waals surface area (Å²) in [6, 6.07) is 6.65. The number of nitrogens with zero attached hydrogens (tertiary/aromatic N) is 1. The van der Waals surface area contributed by atoms with Crippen molar-refractivity contribution in [3.63, 3.8) is 0 Å². The van der Waals surface area contributed by atoms with Gasteiger partial charge in [0.1, 0.15) is 5.82 Å². The Morgan fingerprint density at radius 3 is 3.06 bits per heavy atom. The molecule has 0 aliphatic rings. The minimum atomic E-state index is -0.302. The molecule has 3 N–H and O–H groups in total. The maximum absolute atomic E-state index is 11.5. The highest BCUT2D eigenvalue weighted by Gasteiger charge is 2.02. The molecule has 1 aromatic carbocycles. The predicted octanol–water partition coefficient (Wildman–Crippen LogP) is 2.38. The SMILES string of the molecule is O=C(NCc1ncc[nH]1)Nc1cccc(Cl)c1. The van der Waals surface area contributed by atoms with E-state index in [1.165, 1.54) is 0 Å². The average Bonchev–Trinajstić information content (AvgIpc) is 2.79. The zero-order chi connectivity index (χ0) is 12.1. The summed E-state index contributed by atoms with van der Waals surface area (Å²) in [6.45, 7) is 0.347. The van der Waals surface area contributed by atoms with E-state index in [0.29, 0.717) is 23.1 Å². The first-order valence-electron chi connectivity index (χ1n) is 5.03. The number of nitrogens with one attached hydrogen (secondary N) is 3. The van der Waals surface area contributed by atoms with E-state index >= 15 is 0 Å². The van der Waals surface area contributed by atoms with Gasteiger partial charge in [0.2, 0.25) is 0 Å². The first-order chi connectivity index (χ1) is 8.24. The molecule has 0 aliphatic carbocycles. The Hall–Kier alpha value is -2.01. The van der Waals surface area contributed by atoms with Crippen molar-refractivity contribution in [2.24, 2.45) is 0 Å². The molecule has 0 fully saturated rings. The normalized spacial score (nSPS) is 9.94. The standard InChI is InChI=1S/C11H11ClN4O/c12-8-2-1-3-9(6-8)16-11(17)15-7-10-13-4-5-14-10/h1-6H,7H2,(H,13,14)(H2,15,16,17). The minimum absolute atomic E-state index is 0.302. The van der Waals surface area contributed by atoms with Gasteiger partial charge in [-0.1, -0.05) is 17.7 Å². The van der Waals surface area contributed by atoms with Crippen LogP contribution in [-0.4, -0.2) is 16.0 Å². The number of amides is 2. The van der Waals surface area contributed by atoms with Crippen LogP contribution in [0.5, 0.6) is 0 Å². The van der Waals surface area contributed by atoms with Gasteiger partial charge in [0, 0.05) is 23.1 Å². The molecule has 0 spiro atoms. The van der Waals surface area contributed by atoms with E-state index in [9.17, 15) is 4.79 Å². The number of H-pyrrole nitrogens is 1. The largest absolute Gasteiger partial charge is 0.347 e. The molecule has 6 heteroatoms. The highest BCUT2D eigenvalue weighted by molar-refractivity contribution is 6.30. The number of anilines is 1. The number of halogens is 1. The molecule has 0 unspecified atom stereocenters. The van der Waals surface area contributed by atoms with Crippen LogP contribution in [0.25, 0.3) is 0 Å². The number of benzene rings is 1. The van der Waals surface area contributed by atoms with Crippen LogP contribution in [0.3, 0.4) is 0 Å². The molecule has 0 saturated heterocycles. The van der Waals surface area contributed by atoms with Gasteiger partial charge in [0.05, 0.1) is 6.54 Å². The third-order valence-electron chi connectivity index (χ3n) is 2.05. The van der Waals surface area contributed by atoms with Crippen molar-refractivity contribution in [1.29, 1.82) is 0 Å². The molecule has 0 bridgehead atoms. The van der Waals surface area contributed by atoms with Gasteiger partial charge in [-0.3, -0.25) is 0 Å². The van der Waals surface area contributed by atoms with E-state index in [0.717, 1.165) is 0 Å². The molecule has 17 heavy (non-hydrogen) atoms. The van der Waals surface area contributed by atoms with Crippen molar-refractivity contribution in [3.05, 3.63) is 47.5 Å². The van der Waals surface area contributed by atoms with Crippen LogP contribution in [0, 0.1) is 0 Å². The average molecular weight is 251 g/mol. The number of rotatable bonds is 3. The van der Waals surface area contributed by atoms with Gasteiger partial charge >= 0.3 is 6.03 Å². The first-order valence-corrected chi connectivity index (χ1v) is 5.40. The lowest BCUT2D eigenvalue weighted by Crippen LogP contribution is -2.28. The fraction of sp³-hybridized carbons (Fsp3) is 0.0909. The molecule has 0 radical (unpaired) electrons. The smallest absolute Gasteiger partial charge is 0.319 e. The molecule has 0 aliphatic heterocycles. The third kappa shape index (κ3) is 3.49. The van der Waals surface area contributed by atoms with Gasteiger partial charge in [-0.05, 0) is 18.2 Å². The summed E-state index contributed by atoms with van der Waals surface area (Å²) in [6.07, 6.45) is 3.33. The van der Waals surface area contributed by atoms with Crippen molar-refractivity contribution in [2.45, 2.75) is 6.54 Å². The summed E-state index contributed by atoms with van der Waals surface area (Å²) in [5, 5.41) is 5.91.